The van der Waals surface area contributed by atoms with Crippen molar-refractivity contribution in [2.45, 2.75) is 0 Å². The zero-order chi connectivity index (χ0) is 16.9. The molecule has 1 N–H and O–H groups in total. The molecule has 24 heavy (non-hydrogen) atoms. The smallest absolute Gasteiger partial charge is 0.359 e. The van der Waals surface area contributed by atoms with Crippen molar-refractivity contribution in [3.63, 3.8) is 0 Å². The van der Waals surface area contributed by atoms with Crippen LogP contribution in [0.25, 0.3) is 10.8 Å². The van der Waals surface area contributed by atoms with Crippen molar-refractivity contribution in [3.8, 4) is 5.75 Å². The summed E-state index contributed by atoms with van der Waals surface area (Å²) in [5, 5.41) is 7.47. The molecule has 0 bridgehead atoms. The molecule has 0 radical (unpaired) electrons. The van der Waals surface area contributed by atoms with Gasteiger partial charge >= 0.3 is 5.97 Å². The molecule has 1 aromatic heterocycles. The summed E-state index contributed by atoms with van der Waals surface area (Å²) in [6.07, 6.45) is 0. The van der Waals surface area contributed by atoms with Crippen molar-refractivity contribution in [3.05, 3.63) is 69.6 Å². The van der Waals surface area contributed by atoms with Crippen LogP contribution in [-0.4, -0.2) is 29.4 Å². The number of hydrogen-bond acceptors (Lipinski definition) is 5. The number of aromatic amines is 1. The highest BCUT2D eigenvalue weighted by molar-refractivity contribution is 6.30. The van der Waals surface area contributed by atoms with E-state index in [1.807, 2.05) is 0 Å². The molecule has 2 aromatic carbocycles. The van der Waals surface area contributed by atoms with Crippen LogP contribution in [0.1, 0.15) is 10.5 Å². The topological polar surface area (TPSA) is 81.3 Å². The SMILES string of the molecule is O=C(OCCOc1cccc(Cl)c1)c1n[nH]c(=O)c2ccccc12. The minimum atomic E-state index is -0.628. The number of carbonyl (C=O) groups is 1. The second kappa shape index (κ2) is 7.14. The van der Waals surface area contributed by atoms with Gasteiger partial charge in [-0.05, 0) is 24.3 Å². The molecule has 0 fully saturated rings. The maximum absolute atomic E-state index is 12.2. The van der Waals surface area contributed by atoms with Crippen LogP contribution in [0.5, 0.6) is 5.75 Å². The van der Waals surface area contributed by atoms with Gasteiger partial charge in [0.25, 0.3) is 5.56 Å². The van der Waals surface area contributed by atoms with Gasteiger partial charge in [0.2, 0.25) is 0 Å². The molecule has 0 saturated carbocycles. The summed E-state index contributed by atoms with van der Waals surface area (Å²) in [6.45, 7) is 0.216. The summed E-state index contributed by atoms with van der Waals surface area (Å²) in [5.41, 5.74) is -0.292. The van der Waals surface area contributed by atoms with E-state index < -0.39 is 5.97 Å². The van der Waals surface area contributed by atoms with Gasteiger partial charge in [-0.2, -0.15) is 5.10 Å². The lowest BCUT2D eigenvalue weighted by Crippen LogP contribution is -2.18. The Kier molecular flexibility index (Phi) is 4.77. The number of carbonyl (C=O) groups excluding carboxylic acids is 1. The molecule has 0 aliphatic rings. The molecule has 3 rings (SSSR count). The summed E-state index contributed by atoms with van der Waals surface area (Å²) in [4.78, 5) is 23.8. The highest BCUT2D eigenvalue weighted by atomic mass is 35.5. The molecule has 0 aliphatic heterocycles. The summed E-state index contributed by atoms with van der Waals surface area (Å²) in [7, 11) is 0. The van der Waals surface area contributed by atoms with Crippen molar-refractivity contribution in [2.24, 2.45) is 0 Å². The summed E-state index contributed by atoms with van der Waals surface area (Å²) in [6, 6.07) is 13.6. The number of ether oxygens (including phenoxy) is 2. The van der Waals surface area contributed by atoms with Gasteiger partial charge in [-0.1, -0.05) is 35.9 Å². The second-order valence-corrected chi connectivity index (χ2v) is 5.33. The first-order valence-corrected chi connectivity index (χ1v) is 7.56. The van der Waals surface area contributed by atoms with Crippen LogP contribution >= 0.6 is 11.6 Å². The Balaban J connectivity index is 1.64. The third-order valence-corrected chi connectivity index (χ3v) is 3.51. The molecule has 0 amide bonds. The van der Waals surface area contributed by atoms with Crippen LogP contribution in [0, 0.1) is 0 Å². The lowest BCUT2D eigenvalue weighted by molar-refractivity contribution is 0.0445. The predicted octanol–water partition coefficient (Wildman–Crippen LogP) is 2.81. The van der Waals surface area contributed by atoms with E-state index in [1.54, 1.807) is 48.5 Å². The first-order valence-electron chi connectivity index (χ1n) is 7.18. The number of nitrogens with one attached hydrogen (secondary N) is 1. The van der Waals surface area contributed by atoms with Crippen LogP contribution in [0.15, 0.2) is 53.3 Å². The van der Waals surface area contributed by atoms with Gasteiger partial charge in [0.1, 0.15) is 19.0 Å². The number of halogens is 1. The molecule has 0 unspecified atom stereocenters. The van der Waals surface area contributed by atoms with Crippen LogP contribution < -0.4 is 10.3 Å². The van der Waals surface area contributed by atoms with Gasteiger partial charge in [0.05, 0.1) is 5.39 Å². The van der Waals surface area contributed by atoms with Crippen molar-refractivity contribution in [2.75, 3.05) is 13.2 Å². The second-order valence-electron chi connectivity index (χ2n) is 4.89. The van der Waals surface area contributed by atoms with Crippen LogP contribution in [0.4, 0.5) is 0 Å². The number of fused-ring (bicyclic) bond motifs is 1. The summed E-state index contributed by atoms with van der Waals surface area (Å²) in [5.74, 6) is -0.0386. The Morgan fingerprint density at radius 3 is 2.67 bits per heavy atom. The van der Waals surface area contributed by atoms with E-state index >= 15 is 0 Å². The summed E-state index contributed by atoms with van der Waals surface area (Å²) < 4.78 is 10.6. The first-order chi connectivity index (χ1) is 11.6. The van der Waals surface area contributed by atoms with Crippen LogP contribution in [-0.2, 0) is 4.74 Å². The van der Waals surface area contributed by atoms with E-state index in [2.05, 4.69) is 10.2 Å². The predicted molar refractivity (Wildman–Crippen MR) is 89.6 cm³/mol. The zero-order valence-electron chi connectivity index (χ0n) is 12.5. The number of hydrogen-bond donors (Lipinski definition) is 1. The molecule has 0 spiro atoms. The van der Waals surface area contributed by atoms with Gasteiger partial charge in [-0.15, -0.1) is 0 Å². The van der Waals surface area contributed by atoms with Crippen molar-refractivity contribution >= 4 is 28.3 Å². The van der Waals surface area contributed by atoms with E-state index in [0.717, 1.165) is 0 Å². The fourth-order valence-corrected chi connectivity index (χ4v) is 2.37. The lowest BCUT2D eigenvalue weighted by Gasteiger charge is -2.08. The third-order valence-electron chi connectivity index (χ3n) is 3.27. The minimum absolute atomic E-state index is 0.0421. The average molecular weight is 345 g/mol. The highest BCUT2D eigenvalue weighted by Gasteiger charge is 2.15. The van der Waals surface area contributed by atoms with Gasteiger partial charge in [-0.3, -0.25) is 4.79 Å². The number of esters is 1. The molecule has 3 aromatic rings. The average Bonchev–Trinajstić information content (AvgIpc) is 2.59. The van der Waals surface area contributed by atoms with Crippen LogP contribution in [0.2, 0.25) is 5.02 Å². The monoisotopic (exact) mass is 344 g/mol. The molecule has 7 heteroatoms. The largest absolute Gasteiger partial charge is 0.490 e. The minimum Gasteiger partial charge on any atom is -0.490 e. The van der Waals surface area contributed by atoms with Gasteiger partial charge in [0, 0.05) is 10.4 Å². The maximum atomic E-state index is 12.2. The summed E-state index contributed by atoms with van der Waals surface area (Å²) >= 11 is 5.85. The Labute approximate surface area is 142 Å². The number of benzene rings is 2. The number of aromatic nitrogens is 2. The molecular formula is C17H13ClN2O4. The normalized spacial score (nSPS) is 10.5. The van der Waals surface area contributed by atoms with E-state index in [1.165, 1.54) is 0 Å². The highest BCUT2D eigenvalue weighted by Crippen LogP contribution is 2.17. The molecule has 0 aliphatic carbocycles. The number of rotatable bonds is 5. The Hall–Kier alpha value is -2.86. The van der Waals surface area contributed by atoms with Crippen molar-refractivity contribution in [1.82, 2.24) is 10.2 Å². The molecule has 0 atom stereocenters. The van der Waals surface area contributed by atoms with E-state index in [9.17, 15) is 9.59 Å². The fraction of sp³-hybridized carbons (Fsp3) is 0.118. The molecule has 0 saturated heterocycles. The van der Waals surface area contributed by atoms with E-state index in [-0.39, 0.29) is 24.5 Å². The van der Waals surface area contributed by atoms with E-state index in [0.29, 0.717) is 21.5 Å². The van der Waals surface area contributed by atoms with Crippen molar-refractivity contribution < 1.29 is 14.3 Å². The van der Waals surface area contributed by atoms with Crippen molar-refractivity contribution in [1.29, 1.82) is 0 Å². The maximum Gasteiger partial charge on any atom is 0.359 e. The Morgan fingerprint density at radius 1 is 1.08 bits per heavy atom. The molecule has 1 heterocycles. The number of nitrogens with zero attached hydrogens (tertiary/aromatic N) is 1. The first kappa shape index (κ1) is 16.0. The Bertz CT molecular complexity index is 939. The molecule has 6 nitrogen and oxygen atoms in total. The fourth-order valence-electron chi connectivity index (χ4n) is 2.19. The number of H-pyrrole nitrogens is 1. The van der Waals surface area contributed by atoms with Crippen LogP contribution in [0.3, 0.4) is 0 Å². The molecule has 122 valence electrons. The standard InChI is InChI=1S/C17H13ClN2O4/c18-11-4-3-5-12(10-11)23-8-9-24-17(22)15-13-6-1-2-7-14(13)16(21)20-19-15/h1-7,10H,8-9H2,(H,20,21). The van der Waals surface area contributed by atoms with Gasteiger partial charge < -0.3 is 9.47 Å². The quantitative estimate of drug-likeness (QED) is 0.568. The lowest BCUT2D eigenvalue weighted by atomic mass is 10.1. The zero-order valence-corrected chi connectivity index (χ0v) is 13.2. The third kappa shape index (κ3) is 3.55. The van der Waals surface area contributed by atoms with E-state index in [4.69, 9.17) is 21.1 Å². The van der Waals surface area contributed by atoms with Gasteiger partial charge in [0.15, 0.2) is 5.69 Å². The van der Waals surface area contributed by atoms with Gasteiger partial charge in [-0.25, -0.2) is 9.89 Å². The molecular weight excluding hydrogens is 332 g/mol. The Morgan fingerprint density at radius 2 is 1.88 bits per heavy atom.